The fraction of sp³-hybridized carbons (Fsp3) is 0.769. The minimum absolute atomic E-state index is 0.0134. The molecule has 0 saturated carbocycles. The molecule has 0 aromatic carbocycles. The van der Waals surface area contributed by atoms with Crippen molar-refractivity contribution in [3.8, 4) is 0 Å². The summed E-state index contributed by atoms with van der Waals surface area (Å²) in [5.41, 5.74) is -0.686. The Hall–Kier alpha value is -1.63. The number of urea groups is 1. The summed E-state index contributed by atoms with van der Waals surface area (Å²) >= 11 is 0. The number of ether oxygens (including phenoxy) is 1. The third kappa shape index (κ3) is 6.51. The number of carboxylic acid groups (broad SMARTS) is 1. The van der Waals surface area contributed by atoms with Gasteiger partial charge in [-0.3, -0.25) is 14.9 Å². The minimum Gasteiger partial charge on any atom is -0.481 e. The van der Waals surface area contributed by atoms with Crippen molar-refractivity contribution < 1.29 is 24.2 Å². The molecule has 7 heteroatoms. The molecule has 0 radical (unpaired) electrons. The molecule has 0 atom stereocenters. The van der Waals surface area contributed by atoms with Gasteiger partial charge in [0.2, 0.25) is 5.91 Å². The standard InChI is InChI=1S/C13H22N2O5/c1-13(2,8-11(17)18)7-10(16)15-12(19)14-9-3-5-20-6-4-9/h9H,3-8H2,1-2H3,(H,17,18)(H2,14,15,16,19). The Bertz CT molecular complexity index is 375. The Morgan fingerprint density at radius 2 is 1.80 bits per heavy atom. The average Bonchev–Trinajstić information content (AvgIpc) is 2.26. The molecule has 3 amide bonds. The summed E-state index contributed by atoms with van der Waals surface area (Å²) in [5, 5.41) is 13.7. The highest BCUT2D eigenvalue weighted by Gasteiger charge is 2.26. The maximum atomic E-state index is 11.7. The zero-order valence-corrected chi connectivity index (χ0v) is 11.9. The lowest BCUT2D eigenvalue weighted by atomic mass is 9.85. The number of nitrogens with one attached hydrogen (secondary N) is 2. The number of hydrogen-bond donors (Lipinski definition) is 3. The number of carbonyl (C=O) groups is 3. The molecular weight excluding hydrogens is 264 g/mol. The summed E-state index contributed by atoms with van der Waals surface area (Å²) in [6.45, 7) is 4.56. The topological polar surface area (TPSA) is 105 Å². The van der Waals surface area contributed by atoms with Crippen LogP contribution in [-0.2, 0) is 14.3 Å². The van der Waals surface area contributed by atoms with Crippen molar-refractivity contribution in [2.45, 2.75) is 45.6 Å². The molecule has 1 aliphatic rings. The number of rotatable bonds is 5. The van der Waals surface area contributed by atoms with Gasteiger partial charge < -0.3 is 15.2 Å². The van der Waals surface area contributed by atoms with Gasteiger partial charge in [-0.25, -0.2) is 4.79 Å². The zero-order valence-electron chi connectivity index (χ0n) is 11.9. The Kier molecular flexibility index (Phi) is 5.94. The highest BCUT2D eigenvalue weighted by Crippen LogP contribution is 2.24. The molecule has 0 spiro atoms. The highest BCUT2D eigenvalue weighted by molar-refractivity contribution is 5.94. The van der Waals surface area contributed by atoms with Crippen LogP contribution in [0.15, 0.2) is 0 Å². The van der Waals surface area contributed by atoms with Crippen molar-refractivity contribution in [2.75, 3.05) is 13.2 Å². The number of carboxylic acids is 1. The van der Waals surface area contributed by atoms with Crippen LogP contribution in [0.1, 0.15) is 39.5 Å². The van der Waals surface area contributed by atoms with Crippen molar-refractivity contribution in [1.29, 1.82) is 0 Å². The monoisotopic (exact) mass is 286 g/mol. The number of amides is 3. The first-order valence-corrected chi connectivity index (χ1v) is 6.68. The van der Waals surface area contributed by atoms with Crippen molar-refractivity contribution >= 4 is 17.9 Å². The molecule has 0 aliphatic carbocycles. The fourth-order valence-electron chi connectivity index (χ4n) is 2.14. The molecule has 1 aliphatic heterocycles. The van der Waals surface area contributed by atoms with Gasteiger partial charge in [0, 0.05) is 25.7 Å². The van der Waals surface area contributed by atoms with Gasteiger partial charge in [0.15, 0.2) is 0 Å². The maximum Gasteiger partial charge on any atom is 0.321 e. The predicted molar refractivity (Wildman–Crippen MR) is 71.2 cm³/mol. The first-order chi connectivity index (χ1) is 9.28. The van der Waals surface area contributed by atoms with Crippen molar-refractivity contribution in [3.63, 3.8) is 0 Å². The van der Waals surface area contributed by atoms with Crippen LogP contribution in [0.5, 0.6) is 0 Å². The largest absolute Gasteiger partial charge is 0.481 e. The van der Waals surface area contributed by atoms with E-state index in [0.29, 0.717) is 13.2 Å². The fourth-order valence-corrected chi connectivity index (χ4v) is 2.14. The number of carbonyl (C=O) groups excluding carboxylic acids is 2. The Morgan fingerprint density at radius 1 is 1.20 bits per heavy atom. The molecule has 0 unspecified atom stereocenters. The van der Waals surface area contributed by atoms with Gasteiger partial charge in [0.1, 0.15) is 0 Å². The van der Waals surface area contributed by atoms with E-state index in [0.717, 1.165) is 12.8 Å². The summed E-state index contributed by atoms with van der Waals surface area (Å²) in [4.78, 5) is 34.0. The summed E-state index contributed by atoms with van der Waals surface area (Å²) in [7, 11) is 0. The van der Waals surface area contributed by atoms with Crippen LogP contribution in [0.3, 0.4) is 0 Å². The lowest BCUT2D eigenvalue weighted by Crippen LogP contribution is -2.47. The second-order valence-electron chi connectivity index (χ2n) is 5.82. The zero-order chi connectivity index (χ0) is 15.2. The molecule has 7 nitrogen and oxygen atoms in total. The smallest absolute Gasteiger partial charge is 0.321 e. The molecule has 20 heavy (non-hydrogen) atoms. The Morgan fingerprint density at radius 3 is 2.35 bits per heavy atom. The third-order valence-electron chi connectivity index (χ3n) is 3.08. The second kappa shape index (κ2) is 7.23. The van der Waals surface area contributed by atoms with Crippen molar-refractivity contribution in [1.82, 2.24) is 10.6 Å². The Labute approximate surface area is 118 Å². The van der Waals surface area contributed by atoms with Gasteiger partial charge in [-0.05, 0) is 18.3 Å². The highest BCUT2D eigenvalue weighted by atomic mass is 16.5. The van der Waals surface area contributed by atoms with Crippen LogP contribution >= 0.6 is 0 Å². The van der Waals surface area contributed by atoms with E-state index in [1.165, 1.54) is 0 Å². The lowest BCUT2D eigenvalue weighted by molar-refractivity contribution is -0.139. The van der Waals surface area contributed by atoms with Crippen LogP contribution in [0.25, 0.3) is 0 Å². The van der Waals surface area contributed by atoms with Gasteiger partial charge >= 0.3 is 12.0 Å². The number of hydrogen-bond acceptors (Lipinski definition) is 4. The molecule has 1 saturated heterocycles. The van der Waals surface area contributed by atoms with Gasteiger partial charge in [-0.2, -0.15) is 0 Å². The summed E-state index contributed by atoms with van der Waals surface area (Å²) in [6, 6.07) is -0.517. The van der Waals surface area contributed by atoms with Crippen LogP contribution in [-0.4, -0.2) is 42.3 Å². The molecule has 1 heterocycles. The van der Waals surface area contributed by atoms with E-state index >= 15 is 0 Å². The van der Waals surface area contributed by atoms with Gasteiger partial charge in [0.25, 0.3) is 0 Å². The van der Waals surface area contributed by atoms with Crippen LogP contribution in [0.2, 0.25) is 0 Å². The molecule has 114 valence electrons. The summed E-state index contributed by atoms with van der Waals surface area (Å²) in [6.07, 6.45) is 1.32. The van der Waals surface area contributed by atoms with Gasteiger partial charge in [-0.15, -0.1) is 0 Å². The summed E-state index contributed by atoms with van der Waals surface area (Å²) in [5.74, 6) is -1.43. The quantitative estimate of drug-likeness (QED) is 0.696. The lowest BCUT2D eigenvalue weighted by Gasteiger charge is -2.24. The van der Waals surface area contributed by atoms with E-state index in [-0.39, 0.29) is 18.9 Å². The summed E-state index contributed by atoms with van der Waals surface area (Å²) < 4.78 is 5.17. The first-order valence-electron chi connectivity index (χ1n) is 6.68. The molecule has 0 bridgehead atoms. The van der Waals surface area contributed by atoms with E-state index in [2.05, 4.69) is 10.6 Å². The van der Waals surface area contributed by atoms with E-state index in [1.807, 2.05) is 0 Å². The van der Waals surface area contributed by atoms with Crippen molar-refractivity contribution in [3.05, 3.63) is 0 Å². The minimum atomic E-state index is -0.963. The average molecular weight is 286 g/mol. The molecule has 1 rings (SSSR count). The Balaban J connectivity index is 2.33. The molecule has 1 fully saturated rings. The number of imide groups is 1. The molecule has 3 N–H and O–H groups in total. The van der Waals surface area contributed by atoms with Crippen LogP contribution in [0.4, 0.5) is 4.79 Å². The van der Waals surface area contributed by atoms with Crippen molar-refractivity contribution in [2.24, 2.45) is 5.41 Å². The number of aliphatic carboxylic acids is 1. The van der Waals surface area contributed by atoms with E-state index in [9.17, 15) is 14.4 Å². The van der Waals surface area contributed by atoms with E-state index < -0.39 is 23.3 Å². The molecule has 0 aromatic heterocycles. The third-order valence-corrected chi connectivity index (χ3v) is 3.08. The van der Waals surface area contributed by atoms with E-state index in [1.54, 1.807) is 13.8 Å². The van der Waals surface area contributed by atoms with Crippen LogP contribution in [0, 0.1) is 5.41 Å². The van der Waals surface area contributed by atoms with E-state index in [4.69, 9.17) is 9.84 Å². The predicted octanol–water partition coefficient (Wildman–Crippen LogP) is 0.882. The first kappa shape index (κ1) is 16.4. The molecular formula is C13H22N2O5. The SMILES string of the molecule is CC(C)(CC(=O)O)CC(=O)NC(=O)NC1CCOCC1. The van der Waals surface area contributed by atoms with Gasteiger partial charge in [0.05, 0.1) is 6.42 Å². The van der Waals surface area contributed by atoms with Crippen LogP contribution < -0.4 is 10.6 Å². The van der Waals surface area contributed by atoms with Gasteiger partial charge in [-0.1, -0.05) is 13.8 Å². The molecule has 0 aromatic rings. The second-order valence-corrected chi connectivity index (χ2v) is 5.82. The maximum absolute atomic E-state index is 11.7. The normalized spacial score (nSPS) is 16.5.